The van der Waals surface area contributed by atoms with Gasteiger partial charge in [-0.2, -0.15) is 0 Å². The second-order valence-electron chi connectivity index (χ2n) is 5.88. The van der Waals surface area contributed by atoms with Crippen molar-refractivity contribution in [2.45, 2.75) is 58.5 Å². The van der Waals surface area contributed by atoms with E-state index in [1.807, 2.05) is 6.92 Å². The highest BCUT2D eigenvalue weighted by molar-refractivity contribution is 4.78. The van der Waals surface area contributed by atoms with Gasteiger partial charge in [0.2, 0.25) is 0 Å². The third-order valence-electron chi connectivity index (χ3n) is 3.26. The van der Waals surface area contributed by atoms with E-state index >= 15 is 0 Å². The van der Waals surface area contributed by atoms with Crippen LogP contribution in [0, 0.1) is 11.8 Å². The van der Waals surface area contributed by atoms with Crippen LogP contribution in [-0.2, 0) is 0 Å². The molecule has 0 saturated heterocycles. The molecule has 0 radical (unpaired) electrons. The predicted octanol–water partition coefficient (Wildman–Crippen LogP) is 2.56. The van der Waals surface area contributed by atoms with Gasteiger partial charge in [0.05, 0.1) is 5.60 Å². The Morgan fingerprint density at radius 3 is 2.47 bits per heavy atom. The van der Waals surface area contributed by atoms with Crippen LogP contribution in [0.3, 0.4) is 0 Å². The smallest absolute Gasteiger partial charge is 0.0746 e. The number of rotatable bonds is 6. The molecule has 1 saturated carbocycles. The first-order valence-electron chi connectivity index (χ1n) is 6.43. The summed E-state index contributed by atoms with van der Waals surface area (Å²) in [7, 11) is 0. The number of hydrogen-bond donors (Lipinski definition) is 2. The van der Waals surface area contributed by atoms with Crippen molar-refractivity contribution in [3.63, 3.8) is 0 Å². The molecule has 15 heavy (non-hydrogen) atoms. The molecule has 1 aliphatic carbocycles. The maximum atomic E-state index is 10.1. The highest BCUT2D eigenvalue weighted by Crippen LogP contribution is 2.24. The molecule has 0 aromatic heterocycles. The zero-order valence-corrected chi connectivity index (χ0v) is 10.6. The molecule has 0 heterocycles. The molecule has 1 atom stereocenters. The number of hydrogen-bond acceptors (Lipinski definition) is 2. The molecule has 0 aromatic carbocycles. The van der Waals surface area contributed by atoms with Crippen molar-refractivity contribution in [1.29, 1.82) is 0 Å². The molecular formula is C13H27NO. The Morgan fingerprint density at radius 2 is 1.93 bits per heavy atom. The maximum Gasteiger partial charge on any atom is 0.0746 e. The number of nitrogens with one attached hydrogen (secondary N) is 1. The first-order valence-corrected chi connectivity index (χ1v) is 6.43. The van der Waals surface area contributed by atoms with Gasteiger partial charge in [-0.1, -0.05) is 26.7 Å². The summed E-state index contributed by atoms with van der Waals surface area (Å²) >= 11 is 0. The average molecular weight is 213 g/mol. The van der Waals surface area contributed by atoms with Crippen LogP contribution in [-0.4, -0.2) is 23.8 Å². The van der Waals surface area contributed by atoms with Crippen LogP contribution >= 0.6 is 0 Å². The zero-order chi connectivity index (χ0) is 11.3. The van der Waals surface area contributed by atoms with Crippen LogP contribution in [0.5, 0.6) is 0 Å². The molecule has 90 valence electrons. The van der Waals surface area contributed by atoms with Gasteiger partial charge in [0.25, 0.3) is 0 Å². The molecule has 2 N–H and O–H groups in total. The number of aliphatic hydroxyl groups is 1. The van der Waals surface area contributed by atoms with Crippen LogP contribution in [0.4, 0.5) is 0 Å². The molecule has 1 unspecified atom stereocenters. The Balaban J connectivity index is 2.11. The van der Waals surface area contributed by atoms with E-state index in [9.17, 15) is 5.11 Å². The fourth-order valence-corrected chi connectivity index (χ4v) is 2.71. The molecule has 0 amide bonds. The summed E-state index contributed by atoms with van der Waals surface area (Å²) in [6.45, 7) is 8.08. The van der Waals surface area contributed by atoms with Crippen molar-refractivity contribution in [1.82, 2.24) is 5.32 Å². The van der Waals surface area contributed by atoms with Crippen LogP contribution in [0.2, 0.25) is 0 Å². The fraction of sp³-hybridized carbons (Fsp3) is 1.00. The van der Waals surface area contributed by atoms with E-state index in [0.29, 0.717) is 5.92 Å². The maximum absolute atomic E-state index is 10.1. The Hall–Kier alpha value is -0.0800. The Morgan fingerprint density at radius 1 is 1.33 bits per heavy atom. The standard InChI is InChI=1S/C13H27NO/c1-11(2)8-13(3,15)10-14-9-12-6-4-5-7-12/h11-12,14-15H,4-10H2,1-3H3. The Bertz CT molecular complexity index is 171. The molecule has 2 nitrogen and oxygen atoms in total. The lowest BCUT2D eigenvalue weighted by molar-refractivity contribution is 0.0379. The zero-order valence-electron chi connectivity index (χ0n) is 10.6. The first-order chi connectivity index (χ1) is 6.99. The van der Waals surface area contributed by atoms with E-state index < -0.39 is 5.60 Å². The summed E-state index contributed by atoms with van der Waals surface area (Å²) in [4.78, 5) is 0. The minimum absolute atomic E-state index is 0.535. The molecule has 0 aliphatic heterocycles. The van der Waals surface area contributed by atoms with Crippen LogP contribution < -0.4 is 5.32 Å². The van der Waals surface area contributed by atoms with Crippen molar-refractivity contribution < 1.29 is 5.11 Å². The fourth-order valence-electron chi connectivity index (χ4n) is 2.71. The van der Waals surface area contributed by atoms with Crippen molar-refractivity contribution in [3.05, 3.63) is 0 Å². The van der Waals surface area contributed by atoms with Gasteiger partial charge in [-0.15, -0.1) is 0 Å². The van der Waals surface area contributed by atoms with E-state index in [4.69, 9.17) is 0 Å². The van der Waals surface area contributed by atoms with E-state index in [2.05, 4.69) is 19.2 Å². The highest BCUT2D eigenvalue weighted by Gasteiger charge is 2.22. The van der Waals surface area contributed by atoms with Crippen molar-refractivity contribution in [2.75, 3.05) is 13.1 Å². The molecule has 0 spiro atoms. The van der Waals surface area contributed by atoms with Gasteiger partial charge in [-0.05, 0) is 44.6 Å². The van der Waals surface area contributed by atoms with Gasteiger partial charge in [-0.25, -0.2) is 0 Å². The minimum atomic E-state index is -0.535. The van der Waals surface area contributed by atoms with Gasteiger partial charge >= 0.3 is 0 Å². The molecule has 0 aromatic rings. The van der Waals surface area contributed by atoms with Gasteiger partial charge in [0.1, 0.15) is 0 Å². The van der Waals surface area contributed by atoms with E-state index in [-0.39, 0.29) is 0 Å². The van der Waals surface area contributed by atoms with Crippen LogP contribution in [0.1, 0.15) is 52.9 Å². The quantitative estimate of drug-likeness (QED) is 0.711. The second-order valence-corrected chi connectivity index (χ2v) is 5.88. The lowest BCUT2D eigenvalue weighted by Gasteiger charge is -2.26. The average Bonchev–Trinajstić information content (AvgIpc) is 2.53. The normalized spacial score (nSPS) is 22.2. The van der Waals surface area contributed by atoms with E-state index in [1.54, 1.807) is 0 Å². The third-order valence-corrected chi connectivity index (χ3v) is 3.26. The minimum Gasteiger partial charge on any atom is -0.389 e. The van der Waals surface area contributed by atoms with Crippen LogP contribution in [0.25, 0.3) is 0 Å². The summed E-state index contributed by atoms with van der Waals surface area (Å²) in [5, 5.41) is 13.5. The third kappa shape index (κ3) is 5.53. The summed E-state index contributed by atoms with van der Waals surface area (Å²) in [6, 6.07) is 0. The van der Waals surface area contributed by atoms with Crippen LogP contribution in [0.15, 0.2) is 0 Å². The molecule has 1 rings (SSSR count). The Labute approximate surface area is 94.5 Å². The van der Waals surface area contributed by atoms with Gasteiger partial charge < -0.3 is 10.4 Å². The molecule has 2 heteroatoms. The van der Waals surface area contributed by atoms with E-state index in [0.717, 1.165) is 25.4 Å². The lowest BCUT2D eigenvalue weighted by Crippen LogP contribution is -2.40. The van der Waals surface area contributed by atoms with Crippen molar-refractivity contribution >= 4 is 0 Å². The molecule has 1 fully saturated rings. The molecule has 0 bridgehead atoms. The van der Waals surface area contributed by atoms with Crippen molar-refractivity contribution in [2.24, 2.45) is 11.8 Å². The summed E-state index contributed by atoms with van der Waals surface area (Å²) < 4.78 is 0. The SMILES string of the molecule is CC(C)CC(C)(O)CNCC1CCCC1. The van der Waals surface area contributed by atoms with Gasteiger partial charge in [-0.3, -0.25) is 0 Å². The highest BCUT2D eigenvalue weighted by atomic mass is 16.3. The predicted molar refractivity (Wildman–Crippen MR) is 64.9 cm³/mol. The molecular weight excluding hydrogens is 186 g/mol. The summed E-state index contributed by atoms with van der Waals surface area (Å²) in [5.41, 5.74) is -0.535. The monoisotopic (exact) mass is 213 g/mol. The lowest BCUT2D eigenvalue weighted by atomic mass is 9.94. The summed E-state index contributed by atoms with van der Waals surface area (Å²) in [5.74, 6) is 1.42. The van der Waals surface area contributed by atoms with Crippen molar-refractivity contribution in [3.8, 4) is 0 Å². The largest absolute Gasteiger partial charge is 0.389 e. The summed E-state index contributed by atoms with van der Waals surface area (Å²) in [6.07, 6.45) is 6.42. The van der Waals surface area contributed by atoms with Gasteiger partial charge in [0.15, 0.2) is 0 Å². The Kier molecular flexibility index (Phi) is 5.07. The molecule has 1 aliphatic rings. The second kappa shape index (κ2) is 5.86. The van der Waals surface area contributed by atoms with E-state index in [1.165, 1.54) is 25.7 Å². The van der Waals surface area contributed by atoms with Gasteiger partial charge in [0, 0.05) is 6.54 Å². The first kappa shape index (κ1) is 13.0. The topological polar surface area (TPSA) is 32.3 Å².